The van der Waals surface area contributed by atoms with E-state index in [4.69, 9.17) is 9.57 Å². The summed E-state index contributed by atoms with van der Waals surface area (Å²) in [6, 6.07) is 12.9. The second kappa shape index (κ2) is 10.9. The van der Waals surface area contributed by atoms with Crippen LogP contribution in [-0.4, -0.2) is 35.9 Å². The number of hydrogen-bond acceptors (Lipinski definition) is 5. The van der Waals surface area contributed by atoms with Crippen molar-refractivity contribution >= 4 is 17.8 Å². The summed E-state index contributed by atoms with van der Waals surface area (Å²) in [5, 5.41) is 0. The number of carbonyl (C=O) groups is 3. The molecule has 0 aliphatic carbocycles. The number of benzene rings is 2. The highest BCUT2D eigenvalue weighted by Gasteiger charge is 2.37. The quantitative estimate of drug-likeness (QED) is 0.484. The van der Waals surface area contributed by atoms with E-state index in [1.54, 1.807) is 63.2 Å². The fourth-order valence-corrected chi connectivity index (χ4v) is 3.84. The van der Waals surface area contributed by atoms with Crippen LogP contribution in [0.15, 0.2) is 59.8 Å². The lowest BCUT2D eigenvalue weighted by Gasteiger charge is -2.34. The van der Waals surface area contributed by atoms with Crippen LogP contribution in [-0.2, 0) is 25.7 Å². The number of nitrogens with zero attached hydrogens (tertiary/aromatic N) is 1. The van der Waals surface area contributed by atoms with Crippen molar-refractivity contribution in [3.63, 3.8) is 0 Å². The molecule has 1 heterocycles. The van der Waals surface area contributed by atoms with E-state index < -0.39 is 17.7 Å². The molecule has 2 amide bonds. The maximum absolute atomic E-state index is 14.5. The van der Waals surface area contributed by atoms with Crippen molar-refractivity contribution in [3.8, 4) is 0 Å². The number of ether oxygens (including phenoxy) is 1. The third-order valence-corrected chi connectivity index (χ3v) is 5.46. The summed E-state index contributed by atoms with van der Waals surface area (Å²) >= 11 is 0. The molecule has 3 rings (SSSR count). The number of halogens is 1. The van der Waals surface area contributed by atoms with Crippen LogP contribution in [0, 0.1) is 5.82 Å². The van der Waals surface area contributed by atoms with Crippen molar-refractivity contribution in [2.75, 3.05) is 13.2 Å². The van der Waals surface area contributed by atoms with Crippen molar-refractivity contribution in [3.05, 3.63) is 82.3 Å². The van der Waals surface area contributed by atoms with E-state index >= 15 is 0 Å². The van der Waals surface area contributed by atoms with Gasteiger partial charge in [-0.1, -0.05) is 30.3 Å². The standard InChI is InChI=1S/C25H27FN2O5/c1-4-32-25(31)23-16(3)28(22(29)14-20(23)19-8-6-7-9-21(19)26)15-17-10-12-18(13-11-17)24(30)27-33-5-2/h6-13,20H,4-5,14-15H2,1-3H3,(H,27,30). The van der Waals surface area contributed by atoms with Crippen molar-refractivity contribution in [2.45, 2.75) is 39.7 Å². The van der Waals surface area contributed by atoms with E-state index in [2.05, 4.69) is 5.48 Å². The van der Waals surface area contributed by atoms with Crippen LogP contribution in [0.2, 0.25) is 0 Å². The molecule has 2 aromatic carbocycles. The first-order chi connectivity index (χ1) is 15.9. The average molecular weight is 454 g/mol. The Bertz CT molecular complexity index is 1060. The summed E-state index contributed by atoms with van der Waals surface area (Å²) in [5.74, 6) is -2.36. The number of rotatable bonds is 8. The minimum absolute atomic E-state index is 0.0543. The smallest absolute Gasteiger partial charge is 0.336 e. The predicted octanol–water partition coefficient (Wildman–Crippen LogP) is 3.86. The first-order valence-electron chi connectivity index (χ1n) is 10.8. The highest BCUT2D eigenvalue weighted by molar-refractivity contribution is 5.96. The van der Waals surface area contributed by atoms with Gasteiger partial charge in [-0.3, -0.25) is 14.4 Å². The van der Waals surface area contributed by atoms with E-state index in [1.807, 2.05) is 0 Å². The van der Waals surface area contributed by atoms with Gasteiger partial charge in [-0.15, -0.1) is 0 Å². The number of esters is 1. The monoisotopic (exact) mass is 454 g/mol. The fraction of sp³-hybridized carbons (Fsp3) is 0.320. The van der Waals surface area contributed by atoms with Gasteiger partial charge in [-0.2, -0.15) is 0 Å². The largest absolute Gasteiger partial charge is 0.463 e. The second-order valence-electron chi connectivity index (χ2n) is 7.54. The molecule has 0 aromatic heterocycles. The zero-order valence-corrected chi connectivity index (χ0v) is 18.9. The van der Waals surface area contributed by atoms with Gasteiger partial charge < -0.3 is 9.64 Å². The van der Waals surface area contributed by atoms with Gasteiger partial charge in [-0.25, -0.2) is 14.7 Å². The highest BCUT2D eigenvalue weighted by atomic mass is 19.1. The molecule has 0 fully saturated rings. The van der Waals surface area contributed by atoms with E-state index in [1.165, 1.54) is 11.0 Å². The van der Waals surface area contributed by atoms with Crippen molar-refractivity contribution in [1.82, 2.24) is 10.4 Å². The lowest BCUT2D eigenvalue weighted by Crippen LogP contribution is -2.38. The average Bonchev–Trinajstić information content (AvgIpc) is 2.80. The molecule has 1 unspecified atom stereocenters. The molecule has 0 saturated carbocycles. The molecular weight excluding hydrogens is 427 g/mol. The Morgan fingerprint density at radius 3 is 2.42 bits per heavy atom. The normalized spacial score (nSPS) is 16.1. The first-order valence-corrected chi connectivity index (χ1v) is 10.8. The molecule has 2 aromatic rings. The summed E-state index contributed by atoms with van der Waals surface area (Å²) in [4.78, 5) is 44.3. The van der Waals surface area contributed by atoms with Gasteiger partial charge in [0.05, 0.1) is 25.3 Å². The Hall–Kier alpha value is -3.52. The van der Waals surface area contributed by atoms with E-state index in [9.17, 15) is 18.8 Å². The lowest BCUT2D eigenvalue weighted by atomic mass is 9.83. The molecular formula is C25H27FN2O5. The number of allylic oxidation sites excluding steroid dienone is 1. The minimum Gasteiger partial charge on any atom is -0.463 e. The molecule has 33 heavy (non-hydrogen) atoms. The third-order valence-electron chi connectivity index (χ3n) is 5.46. The summed E-state index contributed by atoms with van der Waals surface area (Å²) in [6.45, 7) is 5.84. The van der Waals surface area contributed by atoms with Crippen molar-refractivity contribution < 1.29 is 28.3 Å². The predicted molar refractivity (Wildman–Crippen MR) is 119 cm³/mol. The summed E-state index contributed by atoms with van der Waals surface area (Å²) in [5.41, 5.74) is 4.49. The number of amides is 2. The molecule has 1 atom stereocenters. The zero-order chi connectivity index (χ0) is 24.0. The van der Waals surface area contributed by atoms with Crippen LogP contribution in [0.5, 0.6) is 0 Å². The number of carbonyl (C=O) groups excluding carboxylic acids is 3. The Kier molecular flexibility index (Phi) is 7.95. The van der Waals surface area contributed by atoms with Crippen LogP contribution in [0.3, 0.4) is 0 Å². The molecule has 0 spiro atoms. The van der Waals surface area contributed by atoms with E-state index in [-0.39, 0.29) is 42.5 Å². The van der Waals surface area contributed by atoms with E-state index in [0.717, 1.165) is 5.56 Å². The summed E-state index contributed by atoms with van der Waals surface area (Å²) in [7, 11) is 0. The van der Waals surface area contributed by atoms with Gasteiger partial charge in [0.2, 0.25) is 5.91 Å². The van der Waals surface area contributed by atoms with Crippen LogP contribution in [0.25, 0.3) is 0 Å². The van der Waals surface area contributed by atoms with E-state index in [0.29, 0.717) is 17.9 Å². The maximum Gasteiger partial charge on any atom is 0.336 e. The van der Waals surface area contributed by atoms with Gasteiger partial charge in [0.15, 0.2) is 0 Å². The molecule has 1 aliphatic heterocycles. The van der Waals surface area contributed by atoms with Crippen LogP contribution >= 0.6 is 0 Å². The second-order valence-corrected chi connectivity index (χ2v) is 7.54. The SMILES string of the molecule is CCONC(=O)c1ccc(CN2C(=O)CC(c3ccccc3F)C(C(=O)OCC)=C2C)cc1. The Labute approximate surface area is 192 Å². The van der Waals surface area contributed by atoms with Gasteiger partial charge in [0.1, 0.15) is 5.82 Å². The van der Waals surface area contributed by atoms with Crippen LogP contribution in [0.1, 0.15) is 54.6 Å². The number of nitrogens with one attached hydrogen (secondary N) is 1. The summed E-state index contributed by atoms with van der Waals surface area (Å²) < 4.78 is 19.8. The van der Waals surface area contributed by atoms with Crippen LogP contribution < -0.4 is 5.48 Å². The van der Waals surface area contributed by atoms with Crippen molar-refractivity contribution in [2.24, 2.45) is 0 Å². The Balaban J connectivity index is 1.91. The molecule has 174 valence electrons. The van der Waals surface area contributed by atoms with Crippen LogP contribution in [0.4, 0.5) is 4.39 Å². The zero-order valence-electron chi connectivity index (χ0n) is 18.9. The molecule has 0 saturated heterocycles. The van der Waals surface area contributed by atoms with Gasteiger partial charge in [0, 0.05) is 23.6 Å². The molecule has 0 radical (unpaired) electrons. The maximum atomic E-state index is 14.5. The summed E-state index contributed by atoms with van der Waals surface area (Å²) in [6.07, 6.45) is -0.0543. The highest BCUT2D eigenvalue weighted by Crippen LogP contribution is 2.38. The van der Waals surface area contributed by atoms with Gasteiger partial charge in [0.25, 0.3) is 5.91 Å². The minimum atomic E-state index is -0.723. The fourth-order valence-electron chi connectivity index (χ4n) is 3.84. The van der Waals surface area contributed by atoms with Gasteiger partial charge >= 0.3 is 5.97 Å². The Morgan fingerprint density at radius 2 is 1.79 bits per heavy atom. The topological polar surface area (TPSA) is 84.9 Å². The first kappa shape index (κ1) is 24.1. The molecule has 8 heteroatoms. The lowest BCUT2D eigenvalue weighted by molar-refractivity contribution is -0.140. The molecule has 0 bridgehead atoms. The Morgan fingerprint density at radius 1 is 1.09 bits per heavy atom. The van der Waals surface area contributed by atoms with Gasteiger partial charge in [-0.05, 0) is 50.1 Å². The number of hydroxylamine groups is 1. The third kappa shape index (κ3) is 5.46. The molecule has 1 aliphatic rings. The van der Waals surface area contributed by atoms with Crippen molar-refractivity contribution in [1.29, 1.82) is 0 Å². The molecule has 7 nitrogen and oxygen atoms in total. The number of hydrogen-bond donors (Lipinski definition) is 1. The molecule has 1 N–H and O–H groups in total.